The average molecular weight is 284 g/mol. The van der Waals surface area contributed by atoms with Crippen LogP contribution >= 0.6 is 0 Å². The number of benzene rings is 2. The number of hydrogen-bond acceptors (Lipinski definition) is 2. The van der Waals surface area contributed by atoms with E-state index in [9.17, 15) is 4.39 Å². The fourth-order valence-corrected chi connectivity index (χ4v) is 3.14. The number of aryl methyl sites for hydroxylation is 2. The van der Waals surface area contributed by atoms with Gasteiger partial charge in [0.15, 0.2) is 0 Å². The van der Waals surface area contributed by atoms with Gasteiger partial charge in [-0.3, -0.25) is 0 Å². The highest BCUT2D eigenvalue weighted by atomic mass is 19.1. The average Bonchev–Trinajstić information content (AvgIpc) is 2.46. The number of halogens is 1. The largest absolute Gasteiger partial charge is 0.339 e. The summed E-state index contributed by atoms with van der Waals surface area (Å²) in [7, 11) is 0. The zero-order chi connectivity index (χ0) is 15.0. The van der Waals surface area contributed by atoms with E-state index >= 15 is 0 Å². The van der Waals surface area contributed by atoms with Crippen molar-refractivity contribution in [1.82, 2.24) is 0 Å². The molecule has 1 aliphatic heterocycles. The van der Waals surface area contributed by atoms with Crippen molar-refractivity contribution in [2.24, 2.45) is 5.73 Å². The Bertz CT molecular complexity index is 664. The van der Waals surface area contributed by atoms with Gasteiger partial charge in [-0.1, -0.05) is 29.8 Å². The van der Waals surface area contributed by atoms with Crippen molar-refractivity contribution in [3.05, 3.63) is 58.9 Å². The van der Waals surface area contributed by atoms with E-state index in [1.54, 1.807) is 6.07 Å². The molecular weight excluding hydrogens is 263 g/mol. The van der Waals surface area contributed by atoms with E-state index in [-0.39, 0.29) is 11.9 Å². The minimum Gasteiger partial charge on any atom is -0.339 e. The molecule has 21 heavy (non-hydrogen) atoms. The Morgan fingerprint density at radius 3 is 2.81 bits per heavy atom. The van der Waals surface area contributed by atoms with Gasteiger partial charge in [0.25, 0.3) is 0 Å². The van der Waals surface area contributed by atoms with Crippen LogP contribution in [0.15, 0.2) is 36.4 Å². The lowest BCUT2D eigenvalue weighted by molar-refractivity contribution is 0.614. The summed E-state index contributed by atoms with van der Waals surface area (Å²) < 4.78 is 14.5. The van der Waals surface area contributed by atoms with Gasteiger partial charge in [0.1, 0.15) is 5.82 Å². The molecule has 2 aromatic carbocycles. The van der Waals surface area contributed by atoms with Crippen molar-refractivity contribution in [2.45, 2.75) is 32.7 Å². The molecule has 0 aliphatic carbocycles. The summed E-state index contributed by atoms with van der Waals surface area (Å²) in [6.07, 6.45) is 2.08. The molecule has 1 atom stereocenters. The minimum atomic E-state index is -0.196. The maximum Gasteiger partial charge on any atom is 0.147 e. The molecule has 1 heterocycles. The number of rotatable bonds is 2. The molecule has 2 aromatic rings. The van der Waals surface area contributed by atoms with Crippen LogP contribution in [-0.2, 0) is 6.42 Å². The van der Waals surface area contributed by atoms with Gasteiger partial charge in [0.05, 0.1) is 5.69 Å². The highest BCUT2D eigenvalue weighted by Crippen LogP contribution is 2.38. The van der Waals surface area contributed by atoms with E-state index in [4.69, 9.17) is 5.73 Å². The second-order valence-electron chi connectivity index (χ2n) is 5.85. The second kappa shape index (κ2) is 5.49. The summed E-state index contributed by atoms with van der Waals surface area (Å²) in [4.78, 5) is 2.09. The van der Waals surface area contributed by atoms with Gasteiger partial charge in [-0.2, -0.15) is 0 Å². The Kier molecular flexibility index (Phi) is 3.68. The quantitative estimate of drug-likeness (QED) is 0.893. The van der Waals surface area contributed by atoms with Gasteiger partial charge in [-0.05, 0) is 49.9 Å². The van der Waals surface area contributed by atoms with Crippen LogP contribution in [0.5, 0.6) is 0 Å². The lowest BCUT2D eigenvalue weighted by Gasteiger charge is -2.34. The normalized spacial score (nSPS) is 15.7. The highest BCUT2D eigenvalue weighted by molar-refractivity contribution is 5.71. The van der Waals surface area contributed by atoms with Crippen LogP contribution in [0.2, 0.25) is 0 Å². The number of hydrogen-bond donors (Lipinski definition) is 1. The van der Waals surface area contributed by atoms with E-state index in [0.717, 1.165) is 30.6 Å². The van der Waals surface area contributed by atoms with Crippen LogP contribution in [0.3, 0.4) is 0 Å². The molecular formula is C18H21FN2. The van der Waals surface area contributed by atoms with Crippen LogP contribution in [0.4, 0.5) is 15.8 Å². The van der Waals surface area contributed by atoms with Gasteiger partial charge in [-0.25, -0.2) is 4.39 Å². The van der Waals surface area contributed by atoms with Gasteiger partial charge < -0.3 is 10.6 Å². The molecule has 2 N–H and O–H groups in total. The first-order valence-corrected chi connectivity index (χ1v) is 7.49. The summed E-state index contributed by atoms with van der Waals surface area (Å²) in [6, 6.07) is 11.4. The van der Waals surface area contributed by atoms with E-state index in [1.165, 1.54) is 17.2 Å². The molecule has 0 unspecified atom stereocenters. The Morgan fingerprint density at radius 1 is 1.24 bits per heavy atom. The second-order valence-corrected chi connectivity index (χ2v) is 5.85. The molecule has 2 nitrogen and oxygen atoms in total. The lowest BCUT2D eigenvalue weighted by Crippen LogP contribution is -2.27. The molecule has 3 heteroatoms. The first-order chi connectivity index (χ1) is 10.1. The molecule has 110 valence electrons. The molecule has 0 fully saturated rings. The van der Waals surface area contributed by atoms with Crippen molar-refractivity contribution in [3.8, 4) is 0 Å². The van der Waals surface area contributed by atoms with Crippen LogP contribution in [0.1, 0.15) is 36.1 Å². The first-order valence-electron chi connectivity index (χ1n) is 7.49. The van der Waals surface area contributed by atoms with Crippen LogP contribution in [0, 0.1) is 12.7 Å². The molecule has 0 amide bonds. The maximum atomic E-state index is 14.5. The molecule has 1 aliphatic rings. The van der Waals surface area contributed by atoms with Gasteiger partial charge in [0.2, 0.25) is 0 Å². The molecule has 0 bridgehead atoms. The molecule has 0 saturated carbocycles. The van der Waals surface area contributed by atoms with E-state index in [1.807, 2.05) is 13.0 Å². The summed E-state index contributed by atoms with van der Waals surface area (Å²) in [6.45, 7) is 4.82. The van der Waals surface area contributed by atoms with Crippen molar-refractivity contribution in [1.29, 1.82) is 0 Å². The van der Waals surface area contributed by atoms with E-state index in [0.29, 0.717) is 5.69 Å². The van der Waals surface area contributed by atoms with Gasteiger partial charge in [-0.15, -0.1) is 0 Å². The third-order valence-corrected chi connectivity index (χ3v) is 4.13. The topological polar surface area (TPSA) is 29.3 Å². The zero-order valence-electron chi connectivity index (χ0n) is 12.6. The Labute approximate surface area is 125 Å². The fraction of sp³-hybridized carbons (Fsp3) is 0.333. The predicted molar refractivity (Wildman–Crippen MR) is 85.5 cm³/mol. The Hall–Kier alpha value is -1.87. The molecule has 0 aromatic heterocycles. The first kappa shape index (κ1) is 14.1. The van der Waals surface area contributed by atoms with Crippen LogP contribution in [-0.4, -0.2) is 6.54 Å². The number of para-hydroxylation sites is 1. The molecule has 3 rings (SSSR count). The number of fused-ring (bicyclic) bond motifs is 1. The van der Waals surface area contributed by atoms with Gasteiger partial charge in [0, 0.05) is 18.3 Å². The standard InChI is InChI=1S/C18H21FN2/c1-12-8-9-17-14(11-12)5-4-10-21(17)18-15(13(2)20)6-3-7-16(18)19/h3,6-9,11,13H,4-5,10,20H2,1-2H3/t13-/m1/s1. The number of nitrogens with two attached hydrogens (primary N) is 1. The SMILES string of the molecule is Cc1ccc2c(c1)CCCN2c1c(F)cccc1[C@@H](C)N. The predicted octanol–water partition coefficient (Wildman–Crippen LogP) is 4.24. The van der Waals surface area contributed by atoms with Crippen molar-refractivity contribution < 1.29 is 4.39 Å². The number of nitrogens with zero attached hydrogens (tertiary/aromatic N) is 1. The molecule has 0 radical (unpaired) electrons. The Balaban J connectivity index is 2.15. The summed E-state index contributed by atoms with van der Waals surface area (Å²) in [5.74, 6) is -0.196. The van der Waals surface area contributed by atoms with Crippen LogP contribution < -0.4 is 10.6 Å². The van der Waals surface area contributed by atoms with Crippen molar-refractivity contribution >= 4 is 11.4 Å². The summed E-state index contributed by atoms with van der Waals surface area (Å²) in [5.41, 5.74) is 11.2. The maximum absolute atomic E-state index is 14.5. The van der Waals surface area contributed by atoms with E-state index in [2.05, 4.69) is 30.0 Å². The van der Waals surface area contributed by atoms with Crippen LogP contribution in [0.25, 0.3) is 0 Å². The monoisotopic (exact) mass is 284 g/mol. The lowest BCUT2D eigenvalue weighted by atomic mass is 9.97. The molecule has 0 spiro atoms. The Morgan fingerprint density at radius 2 is 2.05 bits per heavy atom. The highest BCUT2D eigenvalue weighted by Gasteiger charge is 2.24. The minimum absolute atomic E-state index is 0.188. The third kappa shape index (κ3) is 2.54. The van der Waals surface area contributed by atoms with Crippen molar-refractivity contribution in [2.75, 3.05) is 11.4 Å². The zero-order valence-corrected chi connectivity index (χ0v) is 12.6. The summed E-state index contributed by atoms with van der Waals surface area (Å²) >= 11 is 0. The molecule has 0 saturated heterocycles. The van der Waals surface area contributed by atoms with Crippen molar-refractivity contribution in [3.63, 3.8) is 0 Å². The van der Waals surface area contributed by atoms with Gasteiger partial charge >= 0.3 is 0 Å². The number of anilines is 2. The smallest absolute Gasteiger partial charge is 0.147 e. The van der Waals surface area contributed by atoms with E-state index < -0.39 is 0 Å². The summed E-state index contributed by atoms with van der Waals surface area (Å²) in [5, 5.41) is 0. The fourth-order valence-electron chi connectivity index (χ4n) is 3.14. The third-order valence-electron chi connectivity index (χ3n) is 4.13.